The molecule has 32 heavy (non-hydrogen) atoms. The number of rotatable bonds is 8. The molecule has 0 bridgehead atoms. The van der Waals surface area contributed by atoms with E-state index in [9.17, 15) is 13.2 Å². The summed E-state index contributed by atoms with van der Waals surface area (Å²) < 4.78 is 29.0. The molecule has 1 aromatic carbocycles. The van der Waals surface area contributed by atoms with Gasteiger partial charge < -0.3 is 5.32 Å². The third kappa shape index (κ3) is 5.22. The Kier molecular flexibility index (Phi) is 6.65. The molecule has 2 N–H and O–H groups in total. The zero-order valence-electron chi connectivity index (χ0n) is 17.2. The van der Waals surface area contributed by atoms with E-state index in [-0.39, 0.29) is 22.8 Å². The average molecular weight is 475 g/mol. The maximum absolute atomic E-state index is 12.6. The number of sulfonamides is 1. The number of amides is 1. The summed E-state index contributed by atoms with van der Waals surface area (Å²) >= 11 is 1.29. The van der Waals surface area contributed by atoms with Crippen molar-refractivity contribution in [2.75, 3.05) is 10.0 Å². The van der Waals surface area contributed by atoms with Crippen LogP contribution in [0.1, 0.15) is 38.6 Å². The first-order valence-corrected chi connectivity index (χ1v) is 12.4. The van der Waals surface area contributed by atoms with E-state index >= 15 is 0 Å². The van der Waals surface area contributed by atoms with Crippen molar-refractivity contribution in [3.8, 4) is 0 Å². The predicted molar refractivity (Wildman–Crippen MR) is 119 cm³/mol. The first-order valence-electron chi connectivity index (χ1n) is 10.1. The highest BCUT2D eigenvalue weighted by atomic mass is 32.2. The smallest absolute Gasteiger partial charge is 0.264 e. The molecule has 1 unspecified atom stereocenters. The van der Waals surface area contributed by atoms with Crippen LogP contribution in [0.5, 0.6) is 0 Å². The van der Waals surface area contributed by atoms with E-state index < -0.39 is 15.3 Å². The van der Waals surface area contributed by atoms with Crippen molar-refractivity contribution < 1.29 is 13.2 Å². The first-order chi connectivity index (χ1) is 15.4. The van der Waals surface area contributed by atoms with Crippen LogP contribution in [0.25, 0.3) is 0 Å². The van der Waals surface area contributed by atoms with Crippen molar-refractivity contribution in [2.45, 2.75) is 54.0 Å². The van der Waals surface area contributed by atoms with Gasteiger partial charge in [0, 0.05) is 18.1 Å². The van der Waals surface area contributed by atoms with Crippen molar-refractivity contribution in [3.63, 3.8) is 0 Å². The maximum Gasteiger partial charge on any atom is 0.264 e. The molecule has 2 aromatic heterocycles. The highest BCUT2D eigenvalue weighted by Gasteiger charge is 2.25. The number of thioether (sulfide) groups is 1. The van der Waals surface area contributed by atoms with Crippen LogP contribution >= 0.6 is 11.8 Å². The molecule has 168 valence electrons. The fraction of sp³-hybridized carbons (Fsp3) is 0.368. The van der Waals surface area contributed by atoms with E-state index in [0.29, 0.717) is 10.8 Å². The van der Waals surface area contributed by atoms with E-state index in [1.165, 1.54) is 48.4 Å². The number of benzene rings is 1. The third-order valence-electron chi connectivity index (χ3n) is 5.01. The molecule has 1 aliphatic rings. The van der Waals surface area contributed by atoms with Crippen molar-refractivity contribution in [2.24, 2.45) is 0 Å². The Morgan fingerprint density at radius 2 is 1.84 bits per heavy atom. The summed E-state index contributed by atoms with van der Waals surface area (Å²) in [6.45, 7) is 1.77. The van der Waals surface area contributed by atoms with Gasteiger partial charge in [0.1, 0.15) is 0 Å². The van der Waals surface area contributed by atoms with Gasteiger partial charge in [-0.15, -0.1) is 5.10 Å². The molecular formula is C19H22N8O3S2. The molecule has 2 heterocycles. The molecule has 1 amide bonds. The molecule has 0 radical (unpaired) electrons. The van der Waals surface area contributed by atoms with Crippen LogP contribution in [0.3, 0.4) is 0 Å². The number of hydrogen-bond donors (Lipinski definition) is 2. The lowest BCUT2D eigenvalue weighted by Gasteiger charge is -2.14. The van der Waals surface area contributed by atoms with Gasteiger partial charge in [-0.2, -0.15) is 0 Å². The van der Waals surface area contributed by atoms with Crippen LogP contribution in [0.2, 0.25) is 0 Å². The number of anilines is 2. The average Bonchev–Trinajstić information content (AvgIpc) is 3.46. The molecule has 13 heteroatoms. The highest BCUT2D eigenvalue weighted by molar-refractivity contribution is 8.00. The second kappa shape index (κ2) is 9.61. The zero-order valence-corrected chi connectivity index (χ0v) is 18.9. The van der Waals surface area contributed by atoms with Gasteiger partial charge >= 0.3 is 0 Å². The van der Waals surface area contributed by atoms with Crippen LogP contribution in [-0.2, 0) is 14.8 Å². The van der Waals surface area contributed by atoms with Gasteiger partial charge in [0.2, 0.25) is 17.0 Å². The third-order valence-corrected chi connectivity index (χ3v) is 7.40. The molecule has 3 aromatic rings. The summed E-state index contributed by atoms with van der Waals surface area (Å²) in [7, 11) is -3.84. The number of tetrazole rings is 1. The van der Waals surface area contributed by atoms with Gasteiger partial charge in [0.25, 0.3) is 10.0 Å². The number of carbonyl (C=O) groups excluding carboxylic acids is 1. The standard InChI is InChI=1S/C19H22N8O3S2/c1-13(31-19-23-25-26-27(19)15-5-2-3-6-15)17(28)22-14-7-9-16(10-8-14)32(29,30)24-18-20-11-4-12-21-18/h4,7-13,15H,2-3,5-6H2,1H3,(H,22,28)(H,20,21,24). The Bertz CT molecular complexity index is 1160. The number of nitrogens with one attached hydrogen (secondary N) is 2. The molecule has 0 spiro atoms. The van der Waals surface area contributed by atoms with Crippen molar-refractivity contribution >= 4 is 39.3 Å². The van der Waals surface area contributed by atoms with Gasteiger partial charge in [-0.25, -0.2) is 27.8 Å². The summed E-state index contributed by atoms with van der Waals surface area (Å²) in [4.78, 5) is 20.4. The molecule has 0 aliphatic heterocycles. The monoisotopic (exact) mass is 474 g/mol. The molecule has 0 saturated heterocycles. The zero-order chi connectivity index (χ0) is 22.6. The lowest BCUT2D eigenvalue weighted by Crippen LogP contribution is -2.23. The summed E-state index contributed by atoms with van der Waals surface area (Å²) in [5.41, 5.74) is 0.479. The number of aromatic nitrogens is 6. The molecule has 11 nitrogen and oxygen atoms in total. The van der Waals surface area contributed by atoms with Crippen molar-refractivity contribution in [3.05, 3.63) is 42.7 Å². The predicted octanol–water partition coefficient (Wildman–Crippen LogP) is 2.50. The Morgan fingerprint density at radius 1 is 1.16 bits per heavy atom. The van der Waals surface area contributed by atoms with Crippen LogP contribution in [0.15, 0.2) is 52.8 Å². The SMILES string of the molecule is CC(Sc1nnnn1C1CCCC1)C(=O)Nc1ccc(S(=O)(=O)Nc2ncccn2)cc1. The van der Waals surface area contributed by atoms with Gasteiger partial charge in [0.15, 0.2) is 0 Å². The molecule has 1 saturated carbocycles. The Labute approximate surface area is 189 Å². The van der Waals surface area contributed by atoms with Crippen LogP contribution < -0.4 is 10.0 Å². The minimum absolute atomic E-state index is 0.0179. The Hall–Kier alpha value is -3.06. The van der Waals surface area contributed by atoms with Crippen LogP contribution in [0, 0.1) is 0 Å². The lowest BCUT2D eigenvalue weighted by atomic mass is 10.3. The molecular weight excluding hydrogens is 452 g/mol. The quantitative estimate of drug-likeness (QED) is 0.470. The molecule has 1 atom stereocenters. The van der Waals surface area contributed by atoms with Gasteiger partial charge in [0.05, 0.1) is 16.2 Å². The van der Waals surface area contributed by atoms with Crippen LogP contribution in [0.4, 0.5) is 11.6 Å². The first kappa shape index (κ1) is 22.1. The van der Waals surface area contributed by atoms with E-state index in [1.54, 1.807) is 13.0 Å². The summed E-state index contributed by atoms with van der Waals surface area (Å²) in [6, 6.07) is 7.73. The van der Waals surface area contributed by atoms with E-state index in [0.717, 1.165) is 25.7 Å². The fourth-order valence-corrected chi connectivity index (χ4v) is 5.16. The number of nitrogens with zero attached hydrogens (tertiary/aromatic N) is 6. The normalized spacial score (nSPS) is 15.4. The van der Waals surface area contributed by atoms with Crippen molar-refractivity contribution in [1.29, 1.82) is 0 Å². The van der Waals surface area contributed by atoms with Gasteiger partial charge in [-0.3, -0.25) is 4.79 Å². The second-order valence-electron chi connectivity index (χ2n) is 7.30. The van der Waals surface area contributed by atoms with Gasteiger partial charge in [-0.1, -0.05) is 24.6 Å². The second-order valence-corrected chi connectivity index (χ2v) is 10.3. The topological polar surface area (TPSA) is 145 Å². The summed E-state index contributed by atoms with van der Waals surface area (Å²) in [6.07, 6.45) is 7.28. The Morgan fingerprint density at radius 3 is 2.53 bits per heavy atom. The minimum atomic E-state index is -3.84. The van der Waals surface area contributed by atoms with E-state index in [2.05, 4.69) is 35.5 Å². The highest BCUT2D eigenvalue weighted by Crippen LogP contribution is 2.32. The molecule has 1 aliphatic carbocycles. The molecule has 1 fully saturated rings. The largest absolute Gasteiger partial charge is 0.325 e. The minimum Gasteiger partial charge on any atom is -0.325 e. The van der Waals surface area contributed by atoms with Gasteiger partial charge in [-0.05, 0) is 60.5 Å². The van der Waals surface area contributed by atoms with Crippen LogP contribution in [-0.4, -0.2) is 49.8 Å². The van der Waals surface area contributed by atoms with E-state index in [1.807, 2.05) is 4.68 Å². The van der Waals surface area contributed by atoms with Crippen molar-refractivity contribution in [1.82, 2.24) is 30.2 Å². The maximum atomic E-state index is 12.6. The number of carbonyl (C=O) groups is 1. The number of hydrogen-bond acceptors (Lipinski definition) is 9. The van der Waals surface area contributed by atoms with E-state index in [4.69, 9.17) is 0 Å². The lowest BCUT2D eigenvalue weighted by molar-refractivity contribution is -0.115. The Balaban J connectivity index is 1.37. The summed E-state index contributed by atoms with van der Waals surface area (Å²) in [5, 5.41) is 14.9. The summed E-state index contributed by atoms with van der Waals surface area (Å²) in [5.74, 6) is -0.252. The molecule has 4 rings (SSSR count). The fourth-order valence-electron chi connectivity index (χ4n) is 3.34.